The van der Waals surface area contributed by atoms with E-state index in [1.807, 2.05) is 6.07 Å². The van der Waals surface area contributed by atoms with Crippen molar-refractivity contribution in [2.45, 2.75) is 0 Å². The second-order valence-corrected chi connectivity index (χ2v) is 17.6. The van der Waals surface area contributed by atoms with Crippen LogP contribution in [0.15, 0.2) is 251 Å². The van der Waals surface area contributed by atoms with Gasteiger partial charge in [-0.3, -0.25) is 0 Å². The van der Waals surface area contributed by atoms with Gasteiger partial charge in [0.1, 0.15) is 22.3 Å². The molecule has 0 fully saturated rings. The van der Waals surface area contributed by atoms with Gasteiger partial charge in [0.05, 0.1) is 33.7 Å². The summed E-state index contributed by atoms with van der Waals surface area (Å²) < 4.78 is 16.0. The van der Waals surface area contributed by atoms with Gasteiger partial charge < -0.3 is 18.3 Å². The van der Waals surface area contributed by atoms with Crippen molar-refractivity contribution < 1.29 is 8.83 Å². The third kappa shape index (κ3) is 5.87. The van der Waals surface area contributed by atoms with Crippen LogP contribution in [0.2, 0.25) is 0 Å². The Morgan fingerprint density at radius 3 is 1.72 bits per heavy atom. The zero-order valence-electron chi connectivity index (χ0n) is 36.8. The minimum Gasteiger partial charge on any atom is -0.456 e. The number of aromatic nitrogens is 1. The third-order valence-corrected chi connectivity index (χ3v) is 13.8. The highest BCUT2D eigenvalue weighted by Crippen LogP contribution is 2.51. The lowest BCUT2D eigenvalue weighted by Gasteiger charge is -2.30. The van der Waals surface area contributed by atoms with Crippen LogP contribution in [0.1, 0.15) is 0 Å². The molecule has 318 valence electrons. The average Bonchev–Trinajstić information content (AvgIpc) is 4.09. The minimum atomic E-state index is 0.829. The number of para-hydroxylation sites is 6. The van der Waals surface area contributed by atoms with Gasteiger partial charge in [0.2, 0.25) is 0 Å². The summed E-state index contributed by atoms with van der Waals surface area (Å²) in [5.74, 6) is 0. The Kier molecular flexibility index (Phi) is 8.55. The average molecular weight is 869 g/mol. The van der Waals surface area contributed by atoms with Crippen molar-refractivity contribution in [1.82, 2.24) is 4.57 Å². The largest absolute Gasteiger partial charge is 0.456 e. The minimum absolute atomic E-state index is 0.829. The third-order valence-electron chi connectivity index (χ3n) is 13.8. The van der Waals surface area contributed by atoms with Crippen molar-refractivity contribution in [3.8, 4) is 39.1 Å². The Morgan fingerprint density at radius 2 is 0.926 bits per heavy atom. The molecule has 68 heavy (non-hydrogen) atoms. The molecule has 0 bridgehead atoms. The topological polar surface area (TPSA) is 34.5 Å². The number of anilines is 3. The first-order chi connectivity index (χ1) is 33.7. The van der Waals surface area contributed by atoms with E-state index in [0.29, 0.717) is 0 Å². The van der Waals surface area contributed by atoms with Crippen molar-refractivity contribution >= 4 is 93.5 Å². The molecular formula is C64H40N2O2. The number of furan rings is 2. The van der Waals surface area contributed by atoms with E-state index in [0.717, 1.165) is 105 Å². The summed E-state index contributed by atoms with van der Waals surface area (Å²) in [7, 11) is 0. The predicted octanol–water partition coefficient (Wildman–Crippen LogP) is 18.2. The number of fused-ring (bicyclic) bond motifs is 10. The molecule has 4 nitrogen and oxygen atoms in total. The predicted molar refractivity (Wildman–Crippen MR) is 284 cm³/mol. The van der Waals surface area contributed by atoms with Crippen molar-refractivity contribution in [3.05, 3.63) is 243 Å². The summed E-state index contributed by atoms with van der Waals surface area (Å²) >= 11 is 0. The summed E-state index contributed by atoms with van der Waals surface area (Å²) in [5.41, 5.74) is 16.3. The smallest absolute Gasteiger partial charge is 0.145 e. The molecule has 0 unspecified atom stereocenters. The Morgan fingerprint density at radius 1 is 0.338 bits per heavy atom. The molecule has 0 aliphatic carbocycles. The fourth-order valence-electron chi connectivity index (χ4n) is 10.8. The molecule has 0 aliphatic rings. The van der Waals surface area contributed by atoms with Crippen molar-refractivity contribution in [2.24, 2.45) is 0 Å². The molecule has 0 amide bonds. The van der Waals surface area contributed by atoms with Crippen LogP contribution in [0.4, 0.5) is 17.1 Å². The molecule has 0 radical (unpaired) electrons. The molecule has 3 heterocycles. The first-order valence-corrected chi connectivity index (χ1v) is 23.2. The van der Waals surface area contributed by atoms with Gasteiger partial charge in [-0.15, -0.1) is 0 Å². The molecule has 0 spiro atoms. The van der Waals surface area contributed by atoms with Crippen LogP contribution in [0.5, 0.6) is 0 Å². The summed E-state index contributed by atoms with van der Waals surface area (Å²) in [5, 5.41) is 9.18. The lowest BCUT2D eigenvalue weighted by molar-refractivity contribution is 0.669. The Labute approximate surface area is 391 Å². The van der Waals surface area contributed by atoms with Crippen molar-refractivity contribution in [2.75, 3.05) is 4.90 Å². The fraction of sp³-hybridized carbons (Fsp3) is 0. The van der Waals surface area contributed by atoms with Gasteiger partial charge in [0.15, 0.2) is 0 Å². The summed E-state index contributed by atoms with van der Waals surface area (Å²) in [6, 6.07) is 87.0. The molecule has 4 heteroatoms. The van der Waals surface area contributed by atoms with E-state index in [1.165, 1.54) is 27.1 Å². The van der Waals surface area contributed by atoms with Gasteiger partial charge in [0, 0.05) is 49.1 Å². The maximum atomic E-state index is 7.12. The van der Waals surface area contributed by atoms with E-state index in [-0.39, 0.29) is 0 Å². The molecule has 11 aromatic carbocycles. The highest BCUT2D eigenvalue weighted by Gasteiger charge is 2.28. The normalized spacial score (nSPS) is 11.8. The summed E-state index contributed by atoms with van der Waals surface area (Å²) in [4.78, 5) is 2.44. The van der Waals surface area contributed by atoms with Gasteiger partial charge in [-0.2, -0.15) is 0 Å². The molecule has 0 saturated heterocycles. The van der Waals surface area contributed by atoms with Crippen LogP contribution in [-0.2, 0) is 0 Å². The van der Waals surface area contributed by atoms with Gasteiger partial charge in [-0.1, -0.05) is 170 Å². The second kappa shape index (κ2) is 15.2. The lowest BCUT2D eigenvalue weighted by Crippen LogP contribution is -2.13. The molecule has 0 N–H and O–H groups in total. The first-order valence-electron chi connectivity index (χ1n) is 23.2. The Bertz CT molecular complexity index is 4230. The highest BCUT2D eigenvalue weighted by molar-refractivity contribution is 6.17. The van der Waals surface area contributed by atoms with E-state index < -0.39 is 0 Å². The van der Waals surface area contributed by atoms with E-state index in [1.54, 1.807) is 0 Å². The maximum absolute atomic E-state index is 7.12. The zero-order valence-corrected chi connectivity index (χ0v) is 36.8. The Balaban J connectivity index is 1.07. The van der Waals surface area contributed by atoms with E-state index >= 15 is 0 Å². The van der Waals surface area contributed by atoms with Gasteiger partial charge in [0.25, 0.3) is 0 Å². The van der Waals surface area contributed by atoms with E-state index in [2.05, 4.69) is 246 Å². The maximum Gasteiger partial charge on any atom is 0.145 e. The molecular weight excluding hydrogens is 829 g/mol. The number of hydrogen-bond acceptors (Lipinski definition) is 3. The number of nitrogens with zero attached hydrogens (tertiary/aromatic N) is 2. The monoisotopic (exact) mass is 868 g/mol. The standard InChI is InChI=1S/C64H40N2O2/c1-2-17-43-40-44(33-32-41(43)16-1)42-34-36-45(37-35-42)65(54-25-9-5-20-48(54)50-24-15-31-61-62(50)53-23-8-14-30-60(53)67-61)58-39-38-51-49-21-7-13-29-59(49)68-64(51)63(58)52-22-6-12-28-57(52)66-55-26-10-3-18-46(55)47-19-4-11-27-56(47)66/h1-40H. The number of rotatable bonds is 7. The lowest BCUT2D eigenvalue weighted by atomic mass is 9.94. The first kappa shape index (κ1) is 38.2. The highest BCUT2D eigenvalue weighted by atomic mass is 16.3. The van der Waals surface area contributed by atoms with Gasteiger partial charge >= 0.3 is 0 Å². The van der Waals surface area contributed by atoms with Crippen molar-refractivity contribution in [3.63, 3.8) is 0 Å². The van der Waals surface area contributed by atoms with E-state index in [4.69, 9.17) is 8.83 Å². The van der Waals surface area contributed by atoms with Crippen LogP contribution in [0, 0.1) is 0 Å². The van der Waals surface area contributed by atoms with Crippen LogP contribution >= 0.6 is 0 Å². The van der Waals surface area contributed by atoms with Crippen LogP contribution < -0.4 is 4.90 Å². The van der Waals surface area contributed by atoms with E-state index in [9.17, 15) is 0 Å². The van der Waals surface area contributed by atoms with Gasteiger partial charge in [-0.05, 0) is 100 Å². The summed E-state index contributed by atoms with van der Waals surface area (Å²) in [6.07, 6.45) is 0. The molecule has 3 aromatic heterocycles. The zero-order chi connectivity index (χ0) is 44.7. The number of benzene rings is 11. The Hall–Kier alpha value is -9.12. The molecule has 0 aliphatic heterocycles. The summed E-state index contributed by atoms with van der Waals surface area (Å²) in [6.45, 7) is 0. The van der Waals surface area contributed by atoms with Crippen LogP contribution in [0.25, 0.3) is 116 Å². The second-order valence-electron chi connectivity index (χ2n) is 17.6. The molecule has 14 rings (SSSR count). The van der Waals surface area contributed by atoms with Gasteiger partial charge in [-0.25, -0.2) is 0 Å². The quantitative estimate of drug-likeness (QED) is 0.160. The molecule has 0 saturated carbocycles. The van der Waals surface area contributed by atoms with Crippen molar-refractivity contribution in [1.29, 1.82) is 0 Å². The molecule has 14 aromatic rings. The number of hydrogen-bond donors (Lipinski definition) is 0. The van der Waals surface area contributed by atoms with Crippen LogP contribution in [-0.4, -0.2) is 4.57 Å². The fourth-order valence-corrected chi connectivity index (χ4v) is 10.8. The van der Waals surface area contributed by atoms with Crippen LogP contribution in [0.3, 0.4) is 0 Å². The SMILES string of the molecule is c1ccc(N(c2ccc(-c3ccc4ccccc4c3)cc2)c2ccc3c(oc4ccccc43)c2-c2ccccc2-n2c3ccccc3c3ccccc32)c(-c2cccc3oc4ccccc4c23)c1. The molecule has 0 atom stereocenters.